The molecule has 106 valence electrons. The van der Waals surface area contributed by atoms with Crippen LogP contribution in [0.1, 0.15) is 24.3 Å². The van der Waals surface area contributed by atoms with E-state index in [1.807, 2.05) is 24.4 Å². The van der Waals surface area contributed by atoms with Gasteiger partial charge in [-0.15, -0.1) is 11.3 Å². The molecule has 0 fully saturated rings. The predicted molar refractivity (Wildman–Crippen MR) is 74.0 cm³/mol. The topological polar surface area (TPSA) is 55.2 Å². The third kappa shape index (κ3) is 2.93. The maximum atomic E-state index is 13.7. The second-order valence-electron chi connectivity index (χ2n) is 4.16. The Balaban J connectivity index is 2.33. The zero-order valence-corrected chi connectivity index (χ0v) is 11.4. The van der Waals surface area contributed by atoms with E-state index in [0.29, 0.717) is 12.5 Å². The van der Waals surface area contributed by atoms with Gasteiger partial charge in [-0.1, -0.05) is 13.0 Å². The van der Waals surface area contributed by atoms with Gasteiger partial charge in [0.05, 0.1) is 16.7 Å². The molecule has 0 saturated heterocycles. The zero-order valence-electron chi connectivity index (χ0n) is 10.6. The van der Waals surface area contributed by atoms with E-state index in [2.05, 4.69) is 5.32 Å². The molecule has 1 aromatic carbocycles. The maximum Gasteiger partial charge on any atom is 0.307 e. The highest BCUT2D eigenvalue weighted by Crippen LogP contribution is 2.30. The Morgan fingerprint density at radius 3 is 2.70 bits per heavy atom. The summed E-state index contributed by atoms with van der Waals surface area (Å²) in [5, 5.41) is 15.5. The molecular weight excluding hydrogens is 286 g/mol. The number of thiophene rings is 1. The molecule has 0 aliphatic heterocycles. The van der Waals surface area contributed by atoms with E-state index >= 15 is 0 Å². The molecule has 1 aromatic heterocycles. The van der Waals surface area contributed by atoms with Crippen LogP contribution in [-0.2, 0) is 0 Å². The van der Waals surface area contributed by atoms with Crippen LogP contribution in [0.3, 0.4) is 0 Å². The lowest BCUT2D eigenvalue weighted by Gasteiger charge is -2.17. The Morgan fingerprint density at radius 2 is 2.15 bits per heavy atom. The van der Waals surface area contributed by atoms with Crippen LogP contribution in [0.5, 0.6) is 0 Å². The molecule has 0 radical (unpaired) electrons. The van der Waals surface area contributed by atoms with Gasteiger partial charge in [-0.2, -0.15) is 4.39 Å². The van der Waals surface area contributed by atoms with E-state index in [1.54, 1.807) is 0 Å². The first-order valence-corrected chi connectivity index (χ1v) is 6.84. The van der Waals surface area contributed by atoms with Crippen molar-refractivity contribution in [1.29, 1.82) is 0 Å². The van der Waals surface area contributed by atoms with Gasteiger partial charge in [-0.25, -0.2) is 4.39 Å². The minimum absolute atomic E-state index is 0.0710. The number of nitrogens with one attached hydrogen (secondary N) is 1. The Morgan fingerprint density at radius 1 is 1.40 bits per heavy atom. The van der Waals surface area contributed by atoms with Crippen molar-refractivity contribution in [2.75, 3.05) is 5.32 Å². The van der Waals surface area contributed by atoms with E-state index in [9.17, 15) is 18.9 Å². The van der Waals surface area contributed by atoms with Gasteiger partial charge in [0.15, 0.2) is 0 Å². The fourth-order valence-electron chi connectivity index (χ4n) is 1.84. The number of nitro groups is 1. The first-order valence-electron chi connectivity index (χ1n) is 5.96. The lowest BCUT2D eigenvalue weighted by atomic mass is 10.1. The molecule has 0 aliphatic rings. The molecular formula is C13H12F2N2O2S. The van der Waals surface area contributed by atoms with Crippen LogP contribution < -0.4 is 5.32 Å². The van der Waals surface area contributed by atoms with Crippen LogP contribution in [0.25, 0.3) is 0 Å². The maximum absolute atomic E-state index is 13.7. The average Bonchev–Trinajstić information content (AvgIpc) is 2.91. The van der Waals surface area contributed by atoms with Crippen LogP contribution in [-0.4, -0.2) is 4.92 Å². The van der Waals surface area contributed by atoms with Crippen LogP contribution in [0.2, 0.25) is 0 Å². The Bertz CT molecular complexity index is 617. The van der Waals surface area contributed by atoms with Crippen molar-refractivity contribution in [3.63, 3.8) is 0 Å². The minimum atomic E-state index is -1.18. The van der Waals surface area contributed by atoms with Gasteiger partial charge in [-0.3, -0.25) is 10.1 Å². The Labute approximate surface area is 118 Å². The predicted octanol–water partition coefficient (Wildman–Crippen LogP) is 4.50. The van der Waals surface area contributed by atoms with Gasteiger partial charge in [0.2, 0.25) is 5.82 Å². The standard InChI is InChI=1S/C13H12F2N2O2S/c1-2-10(13-4-3-5-20-13)16-11-7-12(17(18)19)9(15)6-8(11)14/h3-7,10,16H,2H2,1H3. The van der Waals surface area contributed by atoms with Gasteiger partial charge in [0, 0.05) is 17.0 Å². The number of benzene rings is 1. The van der Waals surface area contributed by atoms with Gasteiger partial charge >= 0.3 is 5.69 Å². The van der Waals surface area contributed by atoms with E-state index in [4.69, 9.17) is 0 Å². The second kappa shape index (κ2) is 5.96. The smallest absolute Gasteiger partial charge is 0.307 e. The number of anilines is 1. The molecule has 0 saturated carbocycles. The van der Waals surface area contributed by atoms with Crippen molar-refractivity contribution in [2.24, 2.45) is 0 Å². The molecule has 1 N–H and O–H groups in total. The molecule has 2 aromatic rings. The highest BCUT2D eigenvalue weighted by molar-refractivity contribution is 7.10. The third-order valence-corrected chi connectivity index (χ3v) is 3.84. The summed E-state index contributed by atoms with van der Waals surface area (Å²) < 4.78 is 27.0. The largest absolute Gasteiger partial charge is 0.375 e. The molecule has 1 atom stereocenters. The minimum Gasteiger partial charge on any atom is -0.375 e. The van der Waals surface area contributed by atoms with Gasteiger partial charge in [0.1, 0.15) is 5.82 Å². The summed E-state index contributed by atoms with van der Waals surface area (Å²) in [7, 11) is 0. The molecule has 0 bridgehead atoms. The van der Waals surface area contributed by atoms with E-state index in [-0.39, 0.29) is 11.7 Å². The highest BCUT2D eigenvalue weighted by Gasteiger charge is 2.20. The summed E-state index contributed by atoms with van der Waals surface area (Å²) in [5.41, 5.74) is -0.812. The summed E-state index contributed by atoms with van der Waals surface area (Å²) in [6.45, 7) is 1.91. The van der Waals surface area contributed by atoms with E-state index < -0.39 is 22.2 Å². The second-order valence-corrected chi connectivity index (χ2v) is 5.14. The van der Waals surface area contributed by atoms with Crippen molar-refractivity contribution in [1.82, 2.24) is 0 Å². The molecule has 4 nitrogen and oxygen atoms in total. The number of hydrogen-bond donors (Lipinski definition) is 1. The molecule has 0 aliphatic carbocycles. The third-order valence-electron chi connectivity index (χ3n) is 2.86. The number of nitro benzene ring substituents is 1. The first kappa shape index (κ1) is 14.4. The summed E-state index contributed by atoms with van der Waals surface area (Å²) in [6.07, 6.45) is 0.672. The molecule has 0 spiro atoms. The zero-order chi connectivity index (χ0) is 14.7. The Hall–Kier alpha value is -2.02. The lowest BCUT2D eigenvalue weighted by Crippen LogP contribution is -2.10. The summed E-state index contributed by atoms with van der Waals surface area (Å²) in [4.78, 5) is 10.8. The molecule has 1 heterocycles. The quantitative estimate of drug-likeness (QED) is 0.653. The summed E-state index contributed by atoms with van der Waals surface area (Å²) in [5.74, 6) is -2.02. The Kier molecular flexibility index (Phi) is 4.29. The van der Waals surface area contributed by atoms with Crippen LogP contribution in [0.15, 0.2) is 29.6 Å². The normalized spacial score (nSPS) is 12.2. The van der Waals surface area contributed by atoms with E-state index in [1.165, 1.54) is 11.3 Å². The number of rotatable bonds is 5. The van der Waals surface area contributed by atoms with Crippen molar-refractivity contribution < 1.29 is 13.7 Å². The van der Waals surface area contributed by atoms with Crippen LogP contribution in [0, 0.1) is 21.7 Å². The van der Waals surface area contributed by atoms with Crippen LogP contribution in [0.4, 0.5) is 20.2 Å². The SMILES string of the molecule is CCC(Nc1cc([N+](=O)[O-])c(F)cc1F)c1cccs1. The number of nitrogens with zero attached hydrogens (tertiary/aromatic N) is 1. The fourth-order valence-corrected chi connectivity index (χ4v) is 2.70. The number of halogens is 2. The molecule has 2 rings (SSSR count). The van der Waals surface area contributed by atoms with Crippen molar-refractivity contribution >= 4 is 22.7 Å². The monoisotopic (exact) mass is 298 g/mol. The van der Waals surface area contributed by atoms with E-state index in [0.717, 1.165) is 10.9 Å². The first-order chi connectivity index (χ1) is 9.52. The van der Waals surface area contributed by atoms with Crippen LogP contribution >= 0.6 is 11.3 Å². The molecule has 0 amide bonds. The summed E-state index contributed by atoms with van der Waals surface area (Å²) >= 11 is 1.50. The number of hydrogen-bond acceptors (Lipinski definition) is 4. The van der Waals surface area contributed by atoms with Crippen molar-refractivity contribution in [3.8, 4) is 0 Å². The summed E-state index contributed by atoms with van der Waals surface area (Å²) in [6, 6.07) is 5.01. The molecule has 1 unspecified atom stereocenters. The van der Waals surface area contributed by atoms with Crippen molar-refractivity contribution in [2.45, 2.75) is 19.4 Å². The van der Waals surface area contributed by atoms with Crippen molar-refractivity contribution in [3.05, 3.63) is 56.3 Å². The molecule has 20 heavy (non-hydrogen) atoms. The fraction of sp³-hybridized carbons (Fsp3) is 0.231. The van der Waals surface area contributed by atoms with Gasteiger partial charge < -0.3 is 5.32 Å². The lowest BCUT2D eigenvalue weighted by molar-refractivity contribution is -0.387. The van der Waals surface area contributed by atoms with Gasteiger partial charge in [0.25, 0.3) is 0 Å². The van der Waals surface area contributed by atoms with Gasteiger partial charge in [-0.05, 0) is 17.9 Å². The average molecular weight is 298 g/mol. The molecule has 7 heteroatoms. The highest BCUT2D eigenvalue weighted by atomic mass is 32.1.